The number of β-amino-alcohol motifs (C(OH)–C–C–N with tert-alkyl or cyclic N) is 1. The first-order valence-corrected chi connectivity index (χ1v) is 7.50. The Morgan fingerprint density at radius 1 is 1.33 bits per heavy atom. The molecule has 114 valence electrons. The molecule has 1 aliphatic heterocycles. The van der Waals surface area contributed by atoms with Crippen LogP contribution in [-0.2, 0) is 6.67 Å². The highest BCUT2D eigenvalue weighted by Crippen LogP contribution is 2.23. The Morgan fingerprint density at radius 2 is 2.19 bits per heavy atom. The van der Waals surface area contributed by atoms with Gasteiger partial charge in [0, 0.05) is 13.1 Å². The van der Waals surface area contributed by atoms with E-state index in [2.05, 4.69) is 26.8 Å². The number of fused-ring (bicyclic) bond motifs is 1. The molecule has 2 atom stereocenters. The molecule has 0 saturated carbocycles. The van der Waals surface area contributed by atoms with Crippen molar-refractivity contribution in [3.8, 4) is 0 Å². The topological polar surface area (TPSA) is 93.1 Å². The highest BCUT2D eigenvalue weighted by Gasteiger charge is 2.30. The van der Waals surface area contributed by atoms with Gasteiger partial charge in [0.1, 0.15) is 11.8 Å². The lowest BCUT2D eigenvalue weighted by Gasteiger charge is -2.16. The van der Waals surface area contributed by atoms with Crippen molar-refractivity contribution >= 4 is 17.0 Å². The van der Waals surface area contributed by atoms with Crippen LogP contribution in [0.2, 0.25) is 0 Å². The molecule has 0 bridgehead atoms. The second-order valence-electron chi connectivity index (χ2n) is 5.79. The highest BCUT2D eigenvalue weighted by atomic mass is 16.3. The Kier molecular flexibility index (Phi) is 4.03. The van der Waals surface area contributed by atoms with Crippen LogP contribution in [0, 0.1) is 5.92 Å². The van der Waals surface area contributed by atoms with E-state index in [4.69, 9.17) is 5.73 Å². The molecule has 0 radical (unpaired) electrons. The minimum Gasteiger partial charge on any atom is -0.391 e. The molecule has 0 aromatic carbocycles. The minimum atomic E-state index is -0.231. The zero-order valence-electron chi connectivity index (χ0n) is 12.3. The number of nitrogens with two attached hydrogens (primary N) is 1. The average molecular weight is 290 g/mol. The molecule has 21 heavy (non-hydrogen) atoms. The fourth-order valence-corrected chi connectivity index (χ4v) is 3.02. The monoisotopic (exact) mass is 290 g/mol. The van der Waals surface area contributed by atoms with Crippen molar-refractivity contribution < 1.29 is 5.11 Å². The van der Waals surface area contributed by atoms with E-state index < -0.39 is 0 Å². The normalized spacial score (nSPS) is 23.1. The molecule has 2 unspecified atom stereocenters. The minimum absolute atomic E-state index is 0.231. The van der Waals surface area contributed by atoms with Gasteiger partial charge in [-0.15, -0.1) is 0 Å². The van der Waals surface area contributed by atoms with Gasteiger partial charge < -0.3 is 15.4 Å². The number of imidazole rings is 1. The van der Waals surface area contributed by atoms with Gasteiger partial charge in [-0.2, -0.15) is 0 Å². The van der Waals surface area contributed by atoms with Crippen molar-refractivity contribution in [3.05, 3.63) is 12.7 Å². The molecule has 1 saturated heterocycles. The highest BCUT2D eigenvalue weighted by molar-refractivity contribution is 5.80. The maximum absolute atomic E-state index is 10.2. The first-order valence-electron chi connectivity index (χ1n) is 7.50. The second kappa shape index (κ2) is 5.95. The van der Waals surface area contributed by atoms with Crippen LogP contribution in [-0.4, -0.2) is 48.7 Å². The lowest BCUT2D eigenvalue weighted by Crippen LogP contribution is -2.24. The van der Waals surface area contributed by atoms with Crippen molar-refractivity contribution in [2.45, 2.75) is 39.0 Å². The van der Waals surface area contributed by atoms with E-state index in [-0.39, 0.29) is 6.10 Å². The maximum Gasteiger partial charge on any atom is 0.166 e. The number of unbranched alkanes of at least 4 members (excludes halogenated alkanes) is 1. The molecule has 7 heteroatoms. The molecule has 3 N–H and O–H groups in total. The van der Waals surface area contributed by atoms with Crippen molar-refractivity contribution in [1.29, 1.82) is 0 Å². The molecular weight excluding hydrogens is 268 g/mol. The van der Waals surface area contributed by atoms with Crippen LogP contribution in [0.1, 0.15) is 26.2 Å². The van der Waals surface area contributed by atoms with Gasteiger partial charge in [-0.05, 0) is 12.3 Å². The van der Waals surface area contributed by atoms with Gasteiger partial charge in [0.25, 0.3) is 0 Å². The largest absolute Gasteiger partial charge is 0.391 e. The third kappa shape index (κ3) is 2.84. The number of hydrogen-bond donors (Lipinski definition) is 2. The quantitative estimate of drug-likeness (QED) is 0.848. The number of nitrogen functional groups attached to an aromatic ring is 1. The Labute approximate surface area is 123 Å². The van der Waals surface area contributed by atoms with Crippen molar-refractivity contribution in [1.82, 2.24) is 24.4 Å². The van der Waals surface area contributed by atoms with E-state index in [9.17, 15) is 5.11 Å². The van der Waals surface area contributed by atoms with Crippen molar-refractivity contribution in [2.75, 3.05) is 18.8 Å². The van der Waals surface area contributed by atoms with Crippen LogP contribution in [0.4, 0.5) is 5.82 Å². The van der Waals surface area contributed by atoms with Crippen LogP contribution in [0.15, 0.2) is 12.7 Å². The standard InChI is InChI=1S/C14H22N6O/c1-2-3-4-10-5-19(6-11(10)21)9-20-8-18-12-13(15)16-7-17-14(12)20/h7-8,10-11,21H,2-6,9H2,1H3,(H2,15,16,17). The van der Waals surface area contributed by atoms with E-state index in [1.165, 1.54) is 19.2 Å². The lowest BCUT2D eigenvalue weighted by molar-refractivity contribution is 0.134. The number of aliphatic hydroxyl groups is 1. The third-order valence-corrected chi connectivity index (χ3v) is 4.19. The molecule has 0 aliphatic carbocycles. The second-order valence-corrected chi connectivity index (χ2v) is 5.79. The molecule has 3 heterocycles. The first-order chi connectivity index (χ1) is 10.2. The number of rotatable bonds is 5. The van der Waals surface area contributed by atoms with E-state index >= 15 is 0 Å². The number of aliphatic hydroxyl groups excluding tert-OH is 1. The Balaban J connectivity index is 1.70. The summed E-state index contributed by atoms with van der Waals surface area (Å²) in [5.74, 6) is 0.778. The van der Waals surface area contributed by atoms with Gasteiger partial charge in [-0.25, -0.2) is 15.0 Å². The van der Waals surface area contributed by atoms with Crippen molar-refractivity contribution in [2.24, 2.45) is 5.92 Å². The molecule has 0 amide bonds. The zero-order valence-corrected chi connectivity index (χ0v) is 12.3. The predicted molar refractivity (Wildman–Crippen MR) is 80.3 cm³/mol. The Morgan fingerprint density at radius 3 is 3.00 bits per heavy atom. The molecule has 2 aromatic rings. The van der Waals surface area contributed by atoms with E-state index in [0.717, 1.165) is 18.6 Å². The van der Waals surface area contributed by atoms with E-state index in [0.29, 0.717) is 30.5 Å². The van der Waals surface area contributed by atoms with Crippen LogP contribution in [0.25, 0.3) is 11.2 Å². The summed E-state index contributed by atoms with van der Waals surface area (Å²) in [4.78, 5) is 14.7. The first kappa shape index (κ1) is 14.2. The predicted octanol–water partition coefficient (Wildman–Crippen LogP) is 0.849. The van der Waals surface area contributed by atoms with Crippen LogP contribution in [0.3, 0.4) is 0 Å². The summed E-state index contributed by atoms with van der Waals surface area (Å²) in [5.41, 5.74) is 7.18. The summed E-state index contributed by atoms with van der Waals surface area (Å²) >= 11 is 0. The number of anilines is 1. The zero-order chi connectivity index (χ0) is 14.8. The SMILES string of the molecule is CCCCC1CN(Cn2cnc3c(N)ncnc32)CC1O. The molecular formula is C14H22N6O. The molecule has 0 spiro atoms. The summed E-state index contributed by atoms with van der Waals surface area (Å²) in [7, 11) is 0. The van der Waals surface area contributed by atoms with Crippen molar-refractivity contribution in [3.63, 3.8) is 0 Å². The van der Waals surface area contributed by atoms with Crippen LogP contribution < -0.4 is 5.73 Å². The van der Waals surface area contributed by atoms with Gasteiger partial charge in [-0.1, -0.05) is 19.8 Å². The van der Waals surface area contributed by atoms with Gasteiger partial charge in [0.2, 0.25) is 0 Å². The van der Waals surface area contributed by atoms with Gasteiger partial charge in [0.15, 0.2) is 11.5 Å². The van der Waals surface area contributed by atoms with Crippen LogP contribution >= 0.6 is 0 Å². The molecule has 1 fully saturated rings. The Bertz CT molecular complexity index is 613. The number of likely N-dealkylation sites (tertiary alicyclic amines) is 1. The number of nitrogens with zero attached hydrogens (tertiary/aromatic N) is 5. The smallest absolute Gasteiger partial charge is 0.166 e. The number of hydrogen-bond acceptors (Lipinski definition) is 6. The fraction of sp³-hybridized carbons (Fsp3) is 0.643. The van der Waals surface area contributed by atoms with Gasteiger partial charge in [0.05, 0.1) is 19.1 Å². The van der Waals surface area contributed by atoms with Gasteiger partial charge in [-0.3, -0.25) is 4.90 Å². The summed E-state index contributed by atoms with van der Waals surface area (Å²) in [6, 6.07) is 0. The Hall–Kier alpha value is -1.73. The summed E-state index contributed by atoms with van der Waals surface area (Å²) in [5, 5.41) is 10.2. The van der Waals surface area contributed by atoms with Crippen LogP contribution in [0.5, 0.6) is 0 Å². The molecule has 7 nitrogen and oxygen atoms in total. The maximum atomic E-state index is 10.2. The summed E-state index contributed by atoms with van der Waals surface area (Å²) in [6.07, 6.45) is 6.40. The average Bonchev–Trinajstić information content (AvgIpc) is 3.02. The van der Waals surface area contributed by atoms with E-state index in [1.54, 1.807) is 6.33 Å². The third-order valence-electron chi connectivity index (χ3n) is 4.19. The number of aromatic nitrogens is 4. The fourth-order valence-electron chi connectivity index (χ4n) is 3.02. The molecule has 2 aromatic heterocycles. The lowest BCUT2D eigenvalue weighted by atomic mass is 9.99. The molecule has 3 rings (SSSR count). The summed E-state index contributed by atoms with van der Waals surface area (Å²) in [6.45, 7) is 4.48. The van der Waals surface area contributed by atoms with Gasteiger partial charge >= 0.3 is 0 Å². The molecule has 1 aliphatic rings. The van der Waals surface area contributed by atoms with E-state index in [1.807, 2.05) is 4.57 Å². The summed E-state index contributed by atoms with van der Waals surface area (Å²) < 4.78 is 1.96.